The van der Waals surface area contributed by atoms with Crippen molar-refractivity contribution in [2.45, 2.75) is 26.9 Å². The summed E-state index contributed by atoms with van der Waals surface area (Å²) in [5.74, 6) is 1.59. The van der Waals surface area contributed by atoms with Crippen molar-refractivity contribution in [3.8, 4) is 11.5 Å². The summed E-state index contributed by atoms with van der Waals surface area (Å²) in [6.07, 6.45) is 0. The van der Waals surface area contributed by atoms with E-state index >= 15 is 0 Å². The number of ether oxygens (including phenoxy) is 2. The first-order valence-electron chi connectivity index (χ1n) is 9.31. The monoisotopic (exact) mass is 354 g/mol. The zero-order valence-corrected chi connectivity index (χ0v) is 16.4. The third-order valence-electron chi connectivity index (χ3n) is 5.21. The number of aryl methyl sites for hydroxylation is 2. The topological polar surface area (TPSA) is 24.9 Å². The first-order valence-corrected chi connectivity index (χ1v) is 9.31. The molecule has 140 valence electrons. The Bertz CT molecular complexity index is 737. The first-order chi connectivity index (χ1) is 12.6. The molecule has 0 bridgehead atoms. The SMILES string of the molecule is COc1ccc(CN2CCN(Cc3ccc(C)cc3C)CC2)cc1OC. The lowest BCUT2D eigenvalue weighted by molar-refractivity contribution is 0.122. The van der Waals surface area contributed by atoms with Crippen molar-refractivity contribution in [2.24, 2.45) is 0 Å². The molecule has 26 heavy (non-hydrogen) atoms. The maximum absolute atomic E-state index is 5.42. The number of piperazine rings is 1. The maximum atomic E-state index is 5.42. The molecule has 0 radical (unpaired) electrons. The molecule has 0 N–H and O–H groups in total. The van der Waals surface area contributed by atoms with Crippen LogP contribution in [0.3, 0.4) is 0 Å². The second-order valence-electron chi connectivity index (χ2n) is 7.17. The van der Waals surface area contributed by atoms with E-state index in [2.05, 4.69) is 54.0 Å². The van der Waals surface area contributed by atoms with E-state index in [1.807, 2.05) is 6.07 Å². The molecule has 1 aliphatic rings. The highest BCUT2D eigenvalue weighted by atomic mass is 16.5. The van der Waals surface area contributed by atoms with E-state index in [-0.39, 0.29) is 0 Å². The molecule has 0 spiro atoms. The van der Waals surface area contributed by atoms with Crippen LogP contribution in [0.1, 0.15) is 22.3 Å². The fourth-order valence-corrected chi connectivity index (χ4v) is 3.61. The second kappa shape index (κ2) is 8.56. The Balaban J connectivity index is 1.54. The number of nitrogens with zero attached hydrogens (tertiary/aromatic N) is 2. The Labute approximate surface area is 157 Å². The Morgan fingerprint density at radius 2 is 1.42 bits per heavy atom. The molecule has 1 heterocycles. The van der Waals surface area contributed by atoms with Gasteiger partial charge in [0, 0.05) is 39.3 Å². The molecule has 0 aliphatic carbocycles. The molecule has 4 heteroatoms. The molecule has 0 atom stereocenters. The predicted octanol–water partition coefficient (Wildman–Crippen LogP) is 3.64. The standard InChI is InChI=1S/C22H30N2O2/c1-17-5-7-20(18(2)13-17)16-24-11-9-23(10-12-24)15-19-6-8-21(25-3)22(14-19)26-4/h5-8,13-14H,9-12,15-16H2,1-4H3. The molecule has 2 aromatic carbocycles. The number of benzene rings is 2. The van der Waals surface area contributed by atoms with E-state index in [1.165, 1.54) is 22.3 Å². The average Bonchev–Trinajstić information content (AvgIpc) is 2.65. The lowest BCUT2D eigenvalue weighted by Crippen LogP contribution is -2.45. The fourth-order valence-electron chi connectivity index (χ4n) is 3.61. The zero-order valence-electron chi connectivity index (χ0n) is 16.4. The average molecular weight is 354 g/mol. The van der Waals surface area contributed by atoms with Crippen LogP contribution in [0.4, 0.5) is 0 Å². The molecular weight excluding hydrogens is 324 g/mol. The Morgan fingerprint density at radius 1 is 0.769 bits per heavy atom. The smallest absolute Gasteiger partial charge is 0.161 e. The molecule has 0 amide bonds. The van der Waals surface area contributed by atoms with Gasteiger partial charge in [0.15, 0.2) is 11.5 Å². The minimum Gasteiger partial charge on any atom is -0.493 e. The van der Waals surface area contributed by atoms with Crippen LogP contribution in [0, 0.1) is 13.8 Å². The summed E-state index contributed by atoms with van der Waals surface area (Å²) in [5, 5.41) is 0. The van der Waals surface area contributed by atoms with Gasteiger partial charge in [0.1, 0.15) is 0 Å². The molecule has 0 aromatic heterocycles. The Hall–Kier alpha value is -2.04. The van der Waals surface area contributed by atoms with E-state index in [0.717, 1.165) is 50.8 Å². The van der Waals surface area contributed by atoms with Crippen LogP contribution in [-0.2, 0) is 13.1 Å². The maximum Gasteiger partial charge on any atom is 0.161 e. The van der Waals surface area contributed by atoms with Gasteiger partial charge in [0.05, 0.1) is 14.2 Å². The molecule has 2 aromatic rings. The Kier molecular flexibility index (Phi) is 6.17. The molecule has 0 unspecified atom stereocenters. The van der Waals surface area contributed by atoms with E-state index in [9.17, 15) is 0 Å². The van der Waals surface area contributed by atoms with Gasteiger partial charge in [-0.25, -0.2) is 0 Å². The zero-order chi connectivity index (χ0) is 18.5. The van der Waals surface area contributed by atoms with Crippen LogP contribution in [0.15, 0.2) is 36.4 Å². The van der Waals surface area contributed by atoms with E-state index in [1.54, 1.807) is 14.2 Å². The summed E-state index contributed by atoms with van der Waals surface area (Å²) < 4.78 is 10.7. The third-order valence-corrected chi connectivity index (χ3v) is 5.21. The summed E-state index contributed by atoms with van der Waals surface area (Å²) in [6.45, 7) is 10.8. The van der Waals surface area contributed by atoms with Crippen molar-refractivity contribution in [1.82, 2.24) is 9.80 Å². The molecular formula is C22H30N2O2. The number of hydrogen-bond donors (Lipinski definition) is 0. The van der Waals surface area contributed by atoms with Gasteiger partial charge >= 0.3 is 0 Å². The van der Waals surface area contributed by atoms with Gasteiger partial charge in [-0.15, -0.1) is 0 Å². The van der Waals surface area contributed by atoms with E-state index in [0.29, 0.717) is 0 Å². The highest BCUT2D eigenvalue weighted by molar-refractivity contribution is 5.42. The van der Waals surface area contributed by atoms with Crippen LogP contribution in [0.25, 0.3) is 0 Å². The summed E-state index contributed by atoms with van der Waals surface area (Å²) >= 11 is 0. The van der Waals surface area contributed by atoms with Crippen LogP contribution in [-0.4, -0.2) is 50.2 Å². The van der Waals surface area contributed by atoms with Gasteiger partial charge in [0.2, 0.25) is 0 Å². The van der Waals surface area contributed by atoms with E-state index in [4.69, 9.17) is 9.47 Å². The van der Waals surface area contributed by atoms with Crippen LogP contribution < -0.4 is 9.47 Å². The largest absolute Gasteiger partial charge is 0.493 e. The van der Waals surface area contributed by atoms with Crippen molar-refractivity contribution < 1.29 is 9.47 Å². The summed E-state index contributed by atoms with van der Waals surface area (Å²) in [5.41, 5.74) is 5.46. The van der Waals surface area contributed by atoms with Crippen molar-refractivity contribution in [1.29, 1.82) is 0 Å². The summed E-state index contributed by atoms with van der Waals surface area (Å²) in [7, 11) is 3.36. The lowest BCUT2D eigenvalue weighted by atomic mass is 10.0. The van der Waals surface area contributed by atoms with Crippen molar-refractivity contribution in [3.05, 3.63) is 58.7 Å². The summed E-state index contributed by atoms with van der Waals surface area (Å²) in [6, 6.07) is 13.0. The molecule has 1 saturated heterocycles. The quantitative estimate of drug-likeness (QED) is 0.791. The fraction of sp³-hybridized carbons (Fsp3) is 0.455. The second-order valence-corrected chi connectivity index (χ2v) is 7.17. The Morgan fingerprint density at radius 3 is 2.04 bits per heavy atom. The van der Waals surface area contributed by atoms with Crippen LogP contribution >= 0.6 is 0 Å². The van der Waals surface area contributed by atoms with Crippen LogP contribution in [0.5, 0.6) is 11.5 Å². The minimum atomic E-state index is 0.787. The molecule has 1 fully saturated rings. The van der Waals surface area contributed by atoms with Crippen molar-refractivity contribution in [3.63, 3.8) is 0 Å². The minimum absolute atomic E-state index is 0.787. The van der Waals surface area contributed by atoms with Gasteiger partial charge < -0.3 is 9.47 Å². The molecule has 1 aliphatic heterocycles. The number of hydrogen-bond acceptors (Lipinski definition) is 4. The normalized spacial score (nSPS) is 15.8. The third kappa shape index (κ3) is 4.57. The molecule has 4 nitrogen and oxygen atoms in total. The predicted molar refractivity (Wildman–Crippen MR) is 106 cm³/mol. The number of methoxy groups -OCH3 is 2. The molecule has 0 saturated carbocycles. The van der Waals surface area contributed by atoms with Gasteiger partial charge in [0.25, 0.3) is 0 Å². The highest BCUT2D eigenvalue weighted by Gasteiger charge is 2.18. The highest BCUT2D eigenvalue weighted by Crippen LogP contribution is 2.28. The van der Waals surface area contributed by atoms with E-state index < -0.39 is 0 Å². The van der Waals surface area contributed by atoms with Gasteiger partial charge in [-0.1, -0.05) is 29.8 Å². The van der Waals surface area contributed by atoms with Crippen LogP contribution in [0.2, 0.25) is 0 Å². The van der Waals surface area contributed by atoms with Crippen molar-refractivity contribution >= 4 is 0 Å². The summed E-state index contributed by atoms with van der Waals surface area (Å²) in [4.78, 5) is 5.07. The first kappa shape index (κ1) is 18.7. The van der Waals surface area contributed by atoms with Gasteiger partial charge in [-0.3, -0.25) is 9.80 Å². The van der Waals surface area contributed by atoms with Gasteiger partial charge in [-0.05, 0) is 42.7 Å². The number of rotatable bonds is 6. The molecule has 3 rings (SSSR count). The lowest BCUT2D eigenvalue weighted by Gasteiger charge is -2.35. The van der Waals surface area contributed by atoms with Crippen molar-refractivity contribution in [2.75, 3.05) is 40.4 Å². The van der Waals surface area contributed by atoms with Gasteiger partial charge in [-0.2, -0.15) is 0 Å².